The lowest BCUT2D eigenvalue weighted by molar-refractivity contribution is -0.329. The van der Waals surface area contributed by atoms with Crippen LogP contribution >= 0.6 is 0 Å². The van der Waals surface area contributed by atoms with E-state index in [1.54, 1.807) is 0 Å². The van der Waals surface area contributed by atoms with Crippen molar-refractivity contribution in [2.24, 2.45) is 23.7 Å². The monoisotopic (exact) mass is 568 g/mol. The van der Waals surface area contributed by atoms with Gasteiger partial charge in [0.25, 0.3) is 0 Å². The molecule has 1 rings (SSSR count). The number of rotatable bonds is 21. The van der Waals surface area contributed by atoms with Gasteiger partial charge in [0.2, 0.25) is 0 Å². The van der Waals surface area contributed by atoms with Crippen LogP contribution in [0.15, 0.2) is 12.2 Å². The second-order valence-corrected chi connectivity index (χ2v) is 12.5. The molecule has 0 spiro atoms. The molecule has 1 N–H and O–H groups in total. The highest BCUT2D eigenvalue weighted by Gasteiger charge is 2.46. The molecule has 0 aromatic heterocycles. The summed E-state index contributed by atoms with van der Waals surface area (Å²) in [7, 11) is 0. The lowest BCUT2D eigenvalue weighted by Crippen LogP contribution is -2.43. The van der Waals surface area contributed by atoms with Crippen LogP contribution in [0.4, 0.5) is 0 Å². The predicted molar refractivity (Wildman–Crippen MR) is 155 cm³/mol. The van der Waals surface area contributed by atoms with E-state index in [1.807, 2.05) is 53.7 Å². The molecule has 0 amide bonds. The predicted octanol–water partition coefficient (Wildman–Crippen LogP) is 8.13. The molecule has 0 saturated carbocycles. The molecule has 0 aromatic carbocycles. The van der Waals surface area contributed by atoms with E-state index in [4.69, 9.17) is 19.6 Å². The molecule has 0 bridgehead atoms. The lowest BCUT2D eigenvalue weighted by Gasteiger charge is -2.36. The minimum absolute atomic E-state index is 0.179. The number of carbonyl (C=O) groups is 3. The maximum Gasteiger partial charge on any atom is 0.346 e. The topological polar surface area (TPSA) is 108 Å². The summed E-state index contributed by atoms with van der Waals surface area (Å²) in [6.45, 7) is 13.5. The highest BCUT2D eigenvalue weighted by molar-refractivity contribution is 5.82. The van der Waals surface area contributed by atoms with E-state index in [1.165, 1.54) is 0 Å². The molecule has 0 saturated heterocycles. The number of hydrogen-bond acceptors (Lipinski definition) is 7. The van der Waals surface area contributed by atoms with Crippen LogP contribution in [-0.4, -0.2) is 34.2 Å². The summed E-state index contributed by atoms with van der Waals surface area (Å²) in [6, 6.07) is 0. The largest absolute Gasteiger partial charge is 0.481 e. The summed E-state index contributed by atoms with van der Waals surface area (Å²) in [5, 5.41) is 10.2. The summed E-state index contributed by atoms with van der Waals surface area (Å²) in [6.07, 6.45) is 15.8. The van der Waals surface area contributed by atoms with Gasteiger partial charge in [0.1, 0.15) is 11.2 Å². The molecule has 0 radical (unpaired) electrons. The fourth-order valence-corrected chi connectivity index (χ4v) is 4.78. The van der Waals surface area contributed by atoms with E-state index in [9.17, 15) is 19.5 Å². The zero-order valence-electron chi connectivity index (χ0n) is 26.2. The number of carbonyl (C=O) groups excluding carboxylic acids is 2. The van der Waals surface area contributed by atoms with Gasteiger partial charge in [-0.25, -0.2) is 9.59 Å². The first-order chi connectivity index (χ1) is 18.9. The molecule has 0 fully saturated rings. The maximum absolute atomic E-state index is 13.3. The summed E-state index contributed by atoms with van der Waals surface area (Å²) in [4.78, 5) is 58.4. The molecule has 8 nitrogen and oxygen atoms in total. The highest BCUT2D eigenvalue weighted by atomic mass is 17.2. The second-order valence-electron chi connectivity index (χ2n) is 12.5. The fraction of sp³-hybridized carbons (Fsp3) is 0.844. The van der Waals surface area contributed by atoms with Crippen LogP contribution in [0.2, 0.25) is 0 Å². The lowest BCUT2D eigenvalue weighted by atomic mass is 9.67. The number of unbranched alkanes of at least 4 members (excludes halogenated alkanes) is 7. The number of allylic oxidation sites excluding steroid dienone is 2. The van der Waals surface area contributed by atoms with Crippen molar-refractivity contribution in [3.63, 3.8) is 0 Å². The molecule has 4 unspecified atom stereocenters. The molecular weight excluding hydrogens is 512 g/mol. The zero-order chi connectivity index (χ0) is 30.2. The number of hydrogen-bond donors (Lipinski definition) is 1. The first kappa shape index (κ1) is 36.1. The molecule has 1 aliphatic rings. The van der Waals surface area contributed by atoms with Crippen LogP contribution in [0, 0.1) is 23.7 Å². The van der Waals surface area contributed by atoms with Crippen molar-refractivity contribution < 1.29 is 39.0 Å². The van der Waals surface area contributed by atoms with Crippen LogP contribution in [0.1, 0.15) is 138 Å². The van der Waals surface area contributed by atoms with Gasteiger partial charge in [-0.1, -0.05) is 84.3 Å². The van der Waals surface area contributed by atoms with E-state index < -0.39 is 35.0 Å². The molecule has 0 aliphatic heterocycles. The van der Waals surface area contributed by atoms with Crippen molar-refractivity contribution in [1.82, 2.24) is 0 Å². The molecule has 1 aliphatic carbocycles. The van der Waals surface area contributed by atoms with Crippen LogP contribution in [-0.2, 0) is 33.9 Å². The Morgan fingerprint density at radius 2 is 1.15 bits per heavy atom. The Balaban J connectivity index is 2.67. The van der Waals surface area contributed by atoms with Gasteiger partial charge in [-0.05, 0) is 71.6 Å². The van der Waals surface area contributed by atoms with Crippen molar-refractivity contribution in [2.45, 2.75) is 150 Å². The van der Waals surface area contributed by atoms with Gasteiger partial charge in [-0.15, -0.1) is 0 Å². The third kappa shape index (κ3) is 13.6. The Hall–Kier alpha value is -1.93. The van der Waals surface area contributed by atoms with Crippen LogP contribution in [0.25, 0.3) is 0 Å². The fourth-order valence-electron chi connectivity index (χ4n) is 4.78. The molecule has 0 heterocycles. The third-order valence-corrected chi connectivity index (χ3v) is 8.19. The van der Waals surface area contributed by atoms with Gasteiger partial charge in [0.05, 0.1) is 11.8 Å². The van der Waals surface area contributed by atoms with E-state index >= 15 is 0 Å². The Labute approximate surface area is 242 Å². The van der Waals surface area contributed by atoms with Crippen molar-refractivity contribution in [2.75, 3.05) is 0 Å². The summed E-state index contributed by atoms with van der Waals surface area (Å²) in [5.41, 5.74) is -1.12. The van der Waals surface area contributed by atoms with Crippen molar-refractivity contribution in [3.8, 4) is 0 Å². The third-order valence-electron chi connectivity index (χ3n) is 8.19. The SMILES string of the molecule is CCCCCCC1C=CC(CCCCCCCC(=O)OOC(C)(C)CC)C(C(=O)O)C1C(=O)OOC(C)(C)CC. The summed E-state index contributed by atoms with van der Waals surface area (Å²) in [5.74, 6) is -3.93. The van der Waals surface area contributed by atoms with E-state index in [0.717, 1.165) is 70.6 Å². The van der Waals surface area contributed by atoms with Gasteiger partial charge in [-0.3, -0.25) is 14.6 Å². The molecule has 232 valence electrons. The van der Waals surface area contributed by atoms with E-state index in [-0.39, 0.29) is 17.8 Å². The van der Waals surface area contributed by atoms with Crippen molar-refractivity contribution in [3.05, 3.63) is 12.2 Å². The average Bonchev–Trinajstić information content (AvgIpc) is 2.92. The average molecular weight is 569 g/mol. The standard InChI is InChI=1S/C32H56O8/c1-8-11-12-16-20-25-23-22-24(27(29(34)35)28(25)30(36)38-40-32(6,7)10-3)19-17-14-13-15-18-21-26(33)37-39-31(4,5)9-2/h22-25,27-28H,8-21H2,1-7H3,(H,34,35). The summed E-state index contributed by atoms with van der Waals surface area (Å²) < 4.78 is 0. The first-order valence-electron chi connectivity index (χ1n) is 15.6. The molecular formula is C32H56O8. The highest BCUT2D eigenvalue weighted by Crippen LogP contribution is 2.40. The normalized spacial score (nSPS) is 21.3. The quantitative estimate of drug-likeness (QED) is 0.0640. The minimum atomic E-state index is -0.961. The summed E-state index contributed by atoms with van der Waals surface area (Å²) >= 11 is 0. The maximum atomic E-state index is 13.3. The van der Waals surface area contributed by atoms with Gasteiger partial charge >= 0.3 is 17.9 Å². The molecule has 0 aromatic rings. The Morgan fingerprint density at radius 1 is 0.675 bits per heavy atom. The van der Waals surface area contributed by atoms with Crippen molar-refractivity contribution in [1.29, 1.82) is 0 Å². The minimum Gasteiger partial charge on any atom is -0.481 e. The van der Waals surface area contributed by atoms with E-state index in [2.05, 4.69) is 6.92 Å². The van der Waals surface area contributed by atoms with Gasteiger partial charge in [-0.2, -0.15) is 9.78 Å². The molecule has 4 atom stereocenters. The smallest absolute Gasteiger partial charge is 0.346 e. The van der Waals surface area contributed by atoms with Gasteiger partial charge < -0.3 is 5.11 Å². The molecule has 40 heavy (non-hydrogen) atoms. The van der Waals surface area contributed by atoms with E-state index in [0.29, 0.717) is 19.3 Å². The van der Waals surface area contributed by atoms with Gasteiger partial charge in [0, 0.05) is 6.42 Å². The number of aliphatic carboxylic acids is 1. The first-order valence-corrected chi connectivity index (χ1v) is 15.6. The number of carboxylic acids is 1. The Bertz CT molecular complexity index is 788. The second kappa shape index (κ2) is 18.5. The Morgan fingerprint density at radius 3 is 1.68 bits per heavy atom. The zero-order valence-corrected chi connectivity index (χ0v) is 26.2. The number of carboxylic acid groups (broad SMARTS) is 1. The van der Waals surface area contributed by atoms with Gasteiger partial charge in [0.15, 0.2) is 0 Å². The molecule has 8 heteroatoms. The van der Waals surface area contributed by atoms with Crippen LogP contribution < -0.4 is 0 Å². The van der Waals surface area contributed by atoms with Crippen LogP contribution in [0.3, 0.4) is 0 Å². The van der Waals surface area contributed by atoms with Crippen LogP contribution in [0.5, 0.6) is 0 Å². The Kier molecular flexibility index (Phi) is 16.7. The van der Waals surface area contributed by atoms with Crippen molar-refractivity contribution >= 4 is 17.9 Å².